The average molecular weight is 427 g/mol. The molecule has 0 bridgehead atoms. The summed E-state index contributed by atoms with van der Waals surface area (Å²) >= 11 is 0. The van der Waals surface area contributed by atoms with Crippen LogP contribution in [0.25, 0.3) is 0 Å². The van der Waals surface area contributed by atoms with Crippen LogP contribution in [-0.4, -0.2) is 52.7 Å². The zero-order valence-electron chi connectivity index (χ0n) is 17.2. The number of rotatable bonds is 9. The van der Waals surface area contributed by atoms with Crippen molar-refractivity contribution in [2.75, 3.05) is 20.3 Å². The molecular formula is C20H30N2O6S. The predicted molar refractivity (Wildman–Crippen MR) is 108 cm³/mol. The molecule has 1 aromatic rings. The van der Waals surface area contributed by atoms with E-state index >= 15 is 0 Å². The topological polar surface area (TPSA) is 111 Å². The minimum atomic E-state index is -3.74. The van der Waals surface area contributed by atoms with E-state index in [0.717, 1.165) is 32.1 Å². The molecule has 0 radical (unpaired) electrons. The van der Waals surface area contributed by atoms with Crippen molar-refractivity contribution in [2.24, 2.45) is 0 Å². The van der Waals surface area contributed by atoms with Gasteiger partial charge in [0.15, 0.2) is 6.10 Å². The molecule has 0 spiro atoms. The fourth-order valence-corrected chi connectivity index (χ4v) is 4.52. The summed E-state index contributed by atoms with van der Waals surface area (Å²) in [5.41, 5.74) is 0.687. The molecule has 1 aliphatic carbocycles. The lowest BCUT2D eigenvalue weighted by molar-refractivity contribution is -0.129. The van der Waals surface area contributed by atoms with Gasteiger partial charge in [0.25, 0.3) is 5.91 Å². The van der Waals surface area contributed by atoms with Gasteiger partial charge in [0, 0.05) is 19.7 Å². The number of carbonyl (C=O) groups excluding carboxylic acids is 2. The fraction of sp³-hybridized carbons (Fsp3) is 0.600. The summed E-state index contributed by atoms with van der Waals surface area (Å²) < 4.78 is 38.3. The summed E-state index contributed by atoms with van der Waals surface area (Å²) in [5, 5.41) is 2.59. The molecule has 0 unspecified atom stereocenters. The number of methoxy groups -OCH3 is 1. The summed E-state index contributed by atoms with van der Waals surface area (Å²) in [7, 11) is -2.23. The Balaban J connectivity index is 2.08. The molecule has 2 N–H and O–H groups in total. The molecule has 1 aromatic carbocycles. The summed E-state index contributed by atoms with van der Waals surface area (Å²) in [6.45, 7) is 3.79. The maximum Gasteiger partial charge on any atom is 0.339 e. The maximum atomic E-state index is 12.7. The second kappa shape index (κ2) is 10.7. The zero-order valence-corrected chi connectivity index (χ0v) is 18.0. The van der Waals surface area contributed by atoms with Crippen LogP contribution in [0.1, 0.15) is 54.9 Å². The Morgan fingerprint density at radius 2 is 1.90 bits per heavy atom. The van der Waals surface area contributed by atoms with Crippen LogP contribution in [0.5, 0.6) is 0 Å². The smallest absolute Gasteiger partial charge is 0.339 e. The molecule has 0 saturated heterocycles. The molecule has 1 fully saturated rings. The highest BCUT2D eigenvalue weighted by atomic mass is 32.2. The van der Waals surface area contributed by atoms with Crippen molar-refractivity contribution in [2.45, 2.75) is 63.0 Å². The summed E-state index contributed by atoms with van der Waals surface area (Å²) in [6.07, 6.45) is 3.74. The Labute approximate surface area is 172 Å². The van der Waals surface area contributed by atoms with Gasteiger partial charge in [0.2, 0.25) is 10.0 Å². The molecule has 2 rings (SSSR count). The van der Waals surface area contributed by atoms with Crippen LogP contribution >= 0.6 is 0 Å². The third-order valence-corrected chi connectivity index (χ3v) is 6.44. The van der Waals surface area contributed by atoms with Crippen molar-refractivity contribution < 1.29 is 27.5 Å². The van der Waals surface area contributed by atoms with Crippen molar-refractivity contribution in [3.63, 3.8) is 0 Å². The summed E-state index contributed by atoms with van der Waals surface area (Å²) in [4.78, 5) is 24.5. The van der Waals surface area contributed by atoms with E-state index in [1.54, 1.807) is 13.0 Å². The highest BCUT2D eigenvalue weighted by Gasteiger charge is 2.25. The molecule has 1 saturated carbocycles. The van der Waals surface area contributed by atoms with E-state index in [1.165, 1.54) is 26.2 Å². The molecule has 0 aromatic heterocycles. The van der Waals surface area contributed by atoms with Crippen LogP contribution in [0, 0.1) is 6.92 Å². The largest absolute Gasteiger partial charge is 0.449 e. The van der Waals surface area contributed by atoms with E-state index in [-0.39, 0.29) is 16.5 Å². The normalized spacial score (nSPS) is 16.2. The molecule has 162 valence electrons. The standard InChI is InChI=1S/C20H30N2O6S/c1-14-9-10-17(29(25,26)22-16-7-5-4-6-8-16)13-18(14)20(24)28-15(2)19(23)21-11-12-27-3/h9-10,13,15-16,22H,4-8,11-12H2,1-3H3,(H,21,23)/t15-/m0/s1. The molecule has 0 heterocycles. The van der Waals surface area contributed by atoms with Gasteiger partial charge >= 0.3 is 5.97 Å². The van der Waals surface area contributed by atoms with Gasteiger partial charge in [0.05, 0.1) is 17.1 Å². The van der Waals surface area contributed by atoms with Crippen molar-refractivity contribution >= 4 is 21.9 Å². The Morgan fingerprint density at radius 1 is 1.21 bits per heavy atom. The third-order valence-electron chi connectivity index (χ3n) is 4.92. The van der Waals surface area contributed by atoms with E-state index in [9.17, 15) is 18.0 Å². The molecule has 0 aliphatic heterocycles. The van der Waals surface area contributed by atoms with Crippen LogP contribution in [-0.2, 0) is 24.3 Å². The lowest BCUT2D eigenvalue weighted by atomic mass is 9.96. The van der Waals surface area contributed by atoms with E-state index in [1.807, 2.05) is 0 Å². The lowest BCUT2D eigenvalue weighted by Crippen LogP contribution is -2.37. The molecule has 29 heavy (non-hydrogen) atoms. The summed E-state index contributed by atoms with van der Waals surface area (Å²) in [6, 6.07) is 4.26. The minimum Gasteiger partial charge on any atom is -0.449 e. The van der Waals surface area contributed by atoms with Crippen LogP contribution in [0.4, 0.5) is 0 Å². The SMILES string of the molecule is COCCNC(=O)[C@H](C)OC(=O)c1cc(S(=O)(=O)NC2CCCCC2)ccc1C. The monoisotopic (exact) mass is 426 g/mol. The van der Waals surface area contributed by atoms with Crippen molar-refractivity contribution in [3.8, 4) is 0 Å². The molecular weight excluding hydrogens is 396 g/mol. The number of nitrogens with one attached hydrogen (secondary N) is 2. The number of esters is 1. The van der Waals surface area contributed by atoms with Crippen LogP contribution in [0.15, 0.2) is 23.1 Å². The maximum absolute atomic E-state index is 12.7. The lowest BCUT2D eigenvalue weighted by Gasteiger charge is -2.22. The van der Waals surface area contributed by atoms with Gasteiger partial charge in [-0.05, 0) is 44.4 Å². The van der Waals surface area contributed by atoms with E-state index in [4.69, 9.17) is 9.47 Å². The Morgan fingerprint density at radius 3 is 2.55 bits per heavy atom. The van der Waals surface area contributed by atoms with Crippen LogP contribution in [0.3, 0.4) is 0 Å². The second-order valence-corrected chi connectivity index (χ2v) is 8.98. The molecule has 9 heteroatoms. The van der Waals surface area contributed by atoms with Crippen molar-refractivity contribution in [1.29, 1.82) is 0 Å². The fourth-order valence-electron chi connectivity index (χ4n) is 3.19. The van der Waals surface area contributed by atoms with Gasteiger partial charge < -0.3 is 14.8 Å². The number of hydrogen-bond donors (Lipinski definition) is 2. The number of carbonyl (C=O) groups is 2. The number of amides is 1. The Hall–Kier alpha value is -1.97. The summed E-state index contributed by atoms with van der Waals surface area (Å²) in [5.74, 6) is -1.19. The Bertz CT molecular complexity index is 818. The zero-order chi connectivity index (χ0) is 21.4. The third kappa shape index (κ3) is 6.80. The quantitative estimate of drug-likeness (QED) is 0.461. The van der Waals surface area contributed by atoms with Gasteiger partial charge in [-0.2, -0.15) is 0 Å². The number of aryl methyl sites for hydroxylation is 1. The second-order valence-electron chi connectivity index (χ2n) is 7.26. The van der Waals surface area contributed by atoms with Gasteiger partial charge in [-0.25, -0.2) is 17.9 Å². The van der Waals surface area contributed by atoms with Gasteiger partial charge in [0.1, 0.15) is 0 Å². The minimum absolute atomic E-state index is 0.0119. The Kier molecular flexibility index (Phi) is 8.60. The first-order valence-corrected chi connectivity index (χ1v) is 11.3. The average Bonchev–Trinajstić information content (AvgIpc) is 2.68. The van der Waals surface area contributed by atoms with E-state index < -0.39 is 28.0 Å². The van der Waals surface area contributed by atoms with Crippen LogP contribution in [0.2, 0.25) is 0 Å². The molecule has 8 nitrogen and oxygen atoms in total. The first-order valence-electron chi connectivity index (χ1n) is 9.85. The molecule has 1 amide bonds. The van der Waals surface area contributed by atoms with E-state index in [2.05, 4.69) is 10.0 Å². The predicted octanol–water partition coefficient (Wildman–Crippen LogP) is 1.91. The first-order chi connectivity index (χ1) is 13.7. The first kappa shape index (κ1) is 23.3. The highest BCUT2D eigenvalue weighted by molar-refractivity contribution is 7.89. The molecule has 1 atom stereocenters. The molecule has 1 aliphatic rings. The van der Waals surface area contributed by atoms with E-state index in [0.29, 0.717) is 18.7 Å². The van der Waals surface area contributed by atoms with Gasteiger partial charge in [-0.3, -0.25) is 4.79 Å². The number of hydrogen-bond acceptors (Lipinski definition) is 6. The number of ether oxygens (including phenoxy) is 2. The van der Waals surface area contributed by atoms with Crippen molar-refractivity contribution in [1.82, 2.24) is 10.0 Å². The number of benzene rings is 1. The van der Waals surface area contributed by atoms with Crippen molar-refractivity contribution in [3.05, 3.63) is 29.3 Å². The van der Waals surface area contributed by atoms with Crippen LogP contribution < -0.4 is 10.0 Å². The van der Waals surface area contributed by atoms with Gasteiger partial charge in [-0.1, -0.05) is 25.3 Å². The highest BCUT2D eigenvalue weighted by Crippen LogP contribution is 2.22. The van der Waals surface area contributed by atoms with Gasteiger partial charge in [-0.15, -0.1) is 0 Å². The number of sulfonamides is 1.